The van der Waals surface area contributed by atoms with Gasteiger partial charge in [0, 0.05) is 24.5 Å². The second-order valence-electron chi connectivity index (χ2n) is 7.56. The molecule has 3 amide bonds. The van der Waals surface area contributed by atoms with Crippen LogP contribution in [0.5, 0.6) is 0 Å². The molecule has 0 unspecified atom stereocenters. The van der Waals surface area contributed by atoms with Crippen LogP contribution >= 0.6 is 0 Å². The Labute approximate surface area is 172 Å². The molecule has 7 heteroatoms. The maximum atomic E-state index is 12.2. The molecule has 0 aliphatic carbocycles. The first-order valence-electron chi connectivity index (χ1n) is 9.63. The van der Waals surface area contributed by atoms with Gasteiger partial charge in [0.15, 0.2) is 0 Å². The fourth-order valence-corrected chi connectivity index (χ4v) is 2.63. The van der Waals surface area contributed by atoms with E-state index in [1.54, 1.807) is 24.3 Å². The first-order chi connectivity index (χ1) is 13.8. The average Bonchev–Trinajstić information content (AvgIpc) is 2.65. The van der Waals surface area contributed by atoms with Gasteiger partial charge in [0.25, 0.3) is 0 Å². The van der Waals surface area contributed by atoms with Gasteiger partial charge in [-0.2, -0.15) is 0 Å². The van der Waals surface area contributed by atoms with Gasteiger partial charge in [-0.1, -0.05) is 44.2 Å². The molecule has 0 aliphatic heterocycles. The van der Waals surface area contributed by atoms with Crippen LogP contribution in [0.25, 0.3) is 0 Å². The number of benzene rings is 2. The predicted octanol–water partition coefficient (Wildman–Crippen LogP) is 4.27. The third-order valence-electron chi connectivity index (χ3n) is 3.86. The molecule has 0 fully saturated rings. The second kappa shape index (κ2) is 11.1. The number of amides is 3. The van der Waals surface area contributed by atoms with E-state index in [0.717, 1.165) is 12.1 Å². The fourth-order valence-electron chi connectivity index (χ4n) is 2.63. The molecule has 2 rings (SSSR count). The molecule has 0 aliphatic rings. The van der Waals surface area contributed by atoms with E-state index < -0.39 is 6.09 Å². The number of hydrogen-bond acceptors (Lipinski definition) is 4. The summed E-state index contributed by atoms with van der Waals surface area (Å²) in [5.74, 6) is 0.265. The van der Waals surface area contributed by atoms with E-state index in [2.05, 4.69) is 33.0 Å². The van der Waals surface area contributed by atoms with Crippen molar-refractivity contribution in [3.63, 3.8) is 0 Å². The summed E-state index contributed by atoms with van der Waals surface area (Å²) in [6.07, 6.45) is -0.516. The molecule has 0 radical (unpaired) electrons. The zero-order chi connectivity index (χ0) is 21.2. The van der Waals surface area contributed by atoms with Crippen molar-refractivity contribution in [3.05, 3.63) is 59.7 Å². The first-order valence-corrected chi connectivity index (χ1v) is 9.63. The summed E-state index contributed by atoms with van der Waals surface area (Å²) in [4.78, 5) is 26.1. The topological polar surface area (TPSA) is 82.7 Å². The van der Waals surface area contributed by atoms with Crippen molar-refractivity contribution in [3.8, 4) is 0 Å². The van der Waals surface area contributed by atoms with Crippen molar-refractivity contribution in [1.82, 2.24) is 10.2 Å². The zero-order valence-electron chi connectivity index (χ0n) is 17.5. The number of anilines is 2. The van der Waals surface area contributed by atoms with Gasteiger partial charge >= 0.3 is 12.1 Å². The number of carbonyl (C=O) groups excluding carboxylic acids is 2. The molecular formula is C22H30N4O3. The number of carbonyl (C=O) groups is 2. The van der Waals surface area contributed by atoms with E-state index in [1.165, 1.54) is 5.56 Å². The van der Waals surface area contributed by atoms with Gasteiger partial charge < -0.3 is 20.3 Å². The van der Waals surface area contributed by atoms with Crippen molar-refractivity contribution in [2.24, 2.45) is 5.92 Å². The molecule has 0 aromatic heterocycles. The standard InChI is InChI=1S/C22H30N4O3/c1-16(2)15-29-22(28)25-20-10-6-9-19(12-20)24-21(27)23-13-17-7-5-8-18(11-17)14-26(3)4/h5-12,16H,13-15H2,1-4H3,(H,25,28)(H2,23,24,27). The normalized spacial score (nSPS) is 10.7. The number of urea groups is 1. The van der Waals surface area contributed by atoms with Gasteiger partial charge in [-0.15, -0.1) is 0 Å². The highest BCUT2D eigenvalue weighted by Gasteiger charge is 2.07. The van der Waals surface area contributed by atoms with Crippen molar-refractivity contribution >= 4 is 23.5 Å². The van der Waals surface area contributed by atoms with Crippen LogP contribution in [0.15, 0.2) is 48.5 Å². The second-order valence-corrected chi connectivity index (χ2v) is 7.56. The van der Waals surface area contributed by atoms with Gasteiger partial charge in [0.2, 0.25) is 0 Å². The van der Waals surface area contributed by atoms with Crippen LogP contribution in [-0.4, -0.2) is 37.7 Å². The SMILES string of the molecule is CC(C)COC(=O)Nc1cccc(NC(=O)NCc2cccc(CN(C)C)c2)c1. The molecule has 7 nitrogen and oxygen atoms in total. The largest absolute Gasteiger partial charge is 0.449 e. The number of rotatable bonds is 8. The lowest BCUT2D eigenvalue weighted by atomic mass is 10.1. The van der Waals surface area contributed by atoms with Crippen LogP contribution in [0.1, 0.15) is 25.0 Å². The lowest BCUT2D eigenvalue weighted by Gasteiger charge is -2.12. The Balaban J connectivity index is 1.85. The summed E-state index contributed by atoms with van der Waals surface area (Å²) in [6, 6.07) is 14.7. The minimum absolute atomic E-state index is 0.265. The van der Waals surface area contributed by atoms with Crippen molar-refractivity contribution in [2.45, 2.75) is 26.9 Å². The molecule has 2 aromatic rings. The van der Waals surface area contributed by atoms with Gasteiger partial charge in [-0.05, 0) is 49.3 Å². The van der Waals surface area contributed by atoms with Crippen LogP contribution in [0.4, 0.5) is 21.0 Å². The summed E-state index contributed by atoms with van der Waals surface area (Å²) >= 11 is 0. The third-order valence-corrected chi connectivity index (χ3v) is 3.86. The molecule has 2 aromatic carbocycles. The molecule has 0 heterocycles. The Morgan fingerprint density at radius 2 is 1.62 bits per heavy atom. The number of ether oxygens (including phenoxy) is 1. The summed E-state index contributed by atoms with van der Waals surface area (Å²) in [5, 5.41) is 8.27. The molecule has 3 N–H and O–H groups in total. The third kappa shape index (κ3) is 8.66. The predicted molar refractivity (Wildman–Crippen MR) is 116 cm³/mol. The summed E-state index contributed by atoms with van der Waals surface area (Å²) in [7, 11) is 4.04. The maximum absolute atomic E-state index is 12.2. The molecule has 156 valence electrons. The van der Waals surface area contributed by atoms with E-state index >= 15 is 0 Å². The van der Waals surface area contributed by atoms with Crippen LogP contribution in [0, 0.1) is 5.92 Å². The van der Waals surface area contributed by atoms with Crippen molar-refractivity contribution < 1.29 is 14.3 Å². The fraction of sp³-hybridized carbons (Fsp3) is 0.364. The van der Waals surface area contributed by atoms with Crippen molar-refractivity contribution in [1.29, 1.82) is 0 Å². The first kappa shape index (κ1) is 22.2. The molecule has 0 spiro atoms. The molecule has 29 heavy (non-hydrogen) atoms. The van der Waals surface area contributed by atoms with E-state index in [4.69, 9.17) is 4.74 Å². The molecule has 0 bridgehead atoms. The van der Waals surface area contributed by atoms with Gasteiger partial charge in [0.1, 0.15) is 0 Å². The highest BCUT2D eigenvalue weighted by Crippen LogP contribution is 2.15. The maximum Gasteiger partial charge on any atom is 0.411 e. The van der Waals surface area contributed by atoms with Crippen molar-refractivity contribution in [2.75, 3.05) is 31.3 Å². The molecule has 0 saturated carbocycles. The van der Waals surface area contributed by atoms with Crippen LogP contribution in [-0.2, 0) is 17.8 Å². The highest BCUT2D eigenvalue weighted by atomic mass is 16.5. The van der Waals surface area contributed by atoms with Crippen LogP contribution in [0.3, 0.4) is 0 Å². The van der Waals surface area contributed by atoms with E-state index in [1.807, 2.05) is 40.1 Å². The average molecular weight is 399 g/mol. The smallest absolute Gasteiger partial charge is 0.411 e. The molecular weight excluding hydrogens is 368 g/mol. The van der Waals surface area contributed by atoms with Gasteiger partial charge in [0.05, 0.1) is 6.61 Å². The Bertz CT molecular complexity index is 821. The number of hydrogen-bond donors (Lipinski definition) is 3. The summed E-state index contributed by atoms with van der Waals surface area (Å²) in [5.41, 5.74) is 3.35. The summed E-state index contributed by atoms with van der Waals surface area (Å²) < 4.78 is 5.10. The Morgan fingerprint density at radius 1 is 0.966 bits per heavy atom. The molecule has 0 atom stereocenters. The Kier molecular flexibility index (Phi) is 8.48. The lowest BCUT2D eigenvalue weighted by molar-refractivity contribution is 0.147. The van der Waals surface area contributed by atoms with Gasteiger partial charge in [-0.25, -0.2) is 9.59 Å². The van der Waals surface area contributed by atoms with Crippen LogP contribution < -0.4 is 16.0 Å². The molecule has 0 saturated heterocycles. The summed E-state index contributed by atoms with van der Waals surface area (Å²) in [6.45, 7) is 5.55. The zero-order valence-corrected chi connectivity index (χ0v) is 17.5. The number of nitrogens with zero attached hydrogens (tertiary/aromatic N) is 1. The lowest BCUT2D eigenvalue weighted by Crippen LogP contribution is -2.28. The quantitative estimate of drug-likeness (QED) is 0.620. The van der Waals surface area contributed by atoms with E-state index in [9.17, 15) is 9.59 Å². The number of nitrogens with one attached hydrogen (secondary N) is 3. The van der Waals surface area contributed by atoms with Crippen LogP contribution in [0.2, 0.25) is 0 Å². The Hall–Kier alpha value is -3.06. The van der Waals surface area contributed by atoms with E-state index in [-0.39, 0.29) is 11.9 Å². The van der Waals surface area contributed by atoms with E-state index in [0.29, 0.717) is 24.5 Å². The minimum atomic E-state index is -0.516. The highest BCUT2D eigenvalue weighted by molar-refractivity contribution is 5.91. The Morgan fingerprint density at radius 3 is 2.31 bits per heavy atom. The van der Waals surface area contributed by atoms with Gasteiger partial charge in [-0.3, -0.25) is 5.32 Å². The minimum Gasteiger partial charge on any atom is -0.449 e. The monoisotopic (exact) mass is 398 g/mol.